The third-order valence-electron chi connectivity index (χ3n) is 3.36. The minimum atomic E-state index is 0.340. The summed E-state index contributed by atoms with van der Waals surface area (Å²) in [5, 5.41) is 5.40. The number of aryl methyl sites for hydroxylation is 1. The van der Waals surface area contributed by atoms with Gasteiger partial charge in [0.25, 0.3) is 0 Å². The van der Waals surface area contributed by atoms with Crippen molar-refractivity contribution in [3.05, 3.63) is 22.4 Å². The van der Waals surface area contributed by atoms with Crippen LogP contribution < -0.4 is 5.32 Å². The van der Waals surface area contributed by atoms with E-state index in [9.17, 15) is 4.79 Å². The van der Waals surface area contributed by atoms with Gasteiger partial charge < -0.3 is 10.2 Å². The van der Waals surface area contributed by atoms with E-state index in [4.69, 9.17) is 0 Å². The summed E-state index contributed by atoms with van der Waals surface area (Å²) >= 11 is 1.83. The lowest BCUT2D eigenvalue weighted by atomic mass is 10.1. The van der Waals surface area contributed by atoms with Crippen molar-refractivity contribution >= 4 is 17.2 Å². The summed E-state index contributed by atoms with van der Waals surface area (Å²) in [6, 6.07) is 4.30. The van der Waals surface area contributed by atoms with E-state index >= 15 is 0 Å². The fraction of sp³-hybridized carbons (Fsp3) is 0.643. The number of unbranched alkanes of at least 4 members (excludes halogenated alkanes) is 2. The fourth-order valence-corrected chi connectivity index (χ4v) is 3.03. The number of hydrogen-bond acceptors (Lipinski definition) is 3. The van der Waals surface area contributed by atoms with Gasteiger partial charge in [0.1, 0.15) is 0 Å². The number of rotatable bonds is 6. The summed E-state index contributed by atoms with van der Waals surface area (Å²) in [4.78, 5) is 15.3. The van der Waals surface area contributed by atoms with Crippen molar-refractivity contribution in [1.82, 2.24) is 10.2 Å². The highest BCUT2D eigenvalue weighted by Crippen LogP contribution is 2.13. The zero-order chi connectivity index (χ0) is 12.6. The van der Waals surface area contributed by atoms with E-state index in [1.54, 1.807) is 0 Å². The molecule has 0 bridgehead atoms. The Kier molecular flexibility index (Phi) is 5.68. The van der Waals surface area contributed by atoms with Gasteiger partial charge >= 0.3 is 0 Å². The van der Waals surface area contributed by atoms with E-state index in [0.717, 1.165) is 45.4 Å². The molecule has 1 N–H and O–H groups in total. The van der Waals surface area contributed by atoms with Crippen LogP contribution >= 0.6 is 11.3 Å². The fourth-order valence-electron chi connectivity index (χ4n) is 2.28. The van der Waals surface area contributed by atoms with Crippen LogP contribution in [0.3, 0.4) is 0 Å². The molecule has 1 amide bonds. The molecule has 4 heteroatoms. The smallest absolute Gasteiger partial charge is 0.222 e. The molecule has 0 spiro atoms. The van der Waals surface area contributed by atoms with E-state index in [1.807, 2.05) is 16.2 Å². The van der Waals surface area contributed by atoms with Crippen LogP contribution in [0.25, 0.3) is 0 Å². The van der Waals surface area contributed by atoms with Crippen molar-refractivity contribution in [3.63, 3.8) is 0 Å². The molecular weight excluding hydrogens is 244 g/mol. The molecule has 0 aliphatic carbocycles. The molecule has 1 aliphatic heterocycles. The number of piperazine rings is 1. The maximum Gasteiger partial charge on any atom is 0.222 e. The van der Waals surface area contributed by atoms with Crippen molar-refractivity contribution < 1.29 is 4.79 Å². The number of hydrogen-bond donors (Lipinski definition) is 1. The minimum absolute atomic E-state index is 0.340. The van der Waals surface area contributed by atoms with Gasteiger partial charge in [-0.25, -0.2) is 0 Å². The van der Waals surface area contributed by atoms with Gasteiger partial charge in [-0.15, -0.1) is 11.3 Å². The number of carbonyl (C=O) groups is 1. The molecule has 1 fully saturated rings. The van der Waals surface area contributed by atoms with E-state index in [-0.39, 0.29) is 0 Å². The second kappa shape index (κ2) is 7.54. The Bertz CT molecular complexity index is 345. The van der Waals surface area contributed by atoms with Crippen LogP contribution in [-0.4, -0.2) is 37.0 Å². The van der Waals surface area contributed by atoms with Crippen LogP contribution in [-0.2, 0) is 11.2 Å². The third-order valence-corrected chi connectivity index (χ3v) is 4.30. The van der Waals surface area contributed by atoms with Crippen molar-refractivity contribution in [1.29, 1.82) is 0 Å². The van der Waals surface area contributed by atoms with Crippen LogP contribution in [0.1, 0.15) is 30.6 Å². The maximum atomic E-state index is 11.9. The quantitative estimate of drug-likeness (QED) is 0.801. The van der Waals surface area contributed by atoms with Gasteiger partial charge in [0.2, 0.25) is 5.91 Å². The average Bonchev–Trinajstić information content (AvgIpc) is 2.92. The molecule has 0 saturated carbocycles. The number of nitrogens with zero attached hydrogens (tertiary/aromatic N) is 1. The molecule has 0 aromatic carbocycles. The average molecular weight is 266 g/mol. The summed E-state index contributed by atoms with van der Waals surface area (Å²) < 4.78 is 0. The third kappa shape index (κ3) is 4.42. The van der Waals surface area contributed by atoms with Crippen molar-refractivity contribution in [2.45, 2.75) is 32.1 Å². The van der Waals surface area contributed by atoms with Crippen molar-refractivity contribution in [2.24, 2.45) is 0 Å². The Morgan fingerprint density at radius 3 is 2.83 bits per heavy atom. The molecule has 2 rings (SSSR count). The van der Waals surface area contributed by atoms with Crippen LogP contribution in [0, 0.1) is 0 Å². The molecule has 0 radical (unpaired) electrons. The highest BCUT2D eigenvalue weighted by molar-refractivity contribution is 7.09. The van der Waals surface area contributed by atoms with E-state index in [0.29, 0.717) is 5.91 Å². The number of amides is 1. The molecule has 1 aromatic rings. The second-order valence-corrected chi connectivity index (χ2v) is 5.80. The lowest BCUT2D eigenvalue weighted by Crippen LogP contribution is -2.46. The van der Waals surface area contributed by atoms with E-state index in [1.165, 1.54) is 17.7 Å². The Hall–Kier alpha value is -0.870. The largest absolute Gasteiger partial charge is 0.340 e. The Labute approximate surface area is 113 Å². The Morgan fingerprint density at radius 2 is 2.11 bits per heavy atom. The van der Waals surface area contributed by atoms with Gasteiger partial charge in [-0.05, 0) is 30.7 Å². The summed E-state index contributed by atoms with van der Waals surface area (Å²) in [5.74, 6) is 0.340. The van der Waals surface area contributed by atoms with Crippen molar-refractivity contribution in [3.8, 4) is 0 Å². The van der Waals surface area contributed by atoms with Crippen LogP contribution in [0.5, 0.6) is 0 Å². The molecule has 3 nitrogen and oxygen atoms in total. The van der Waals surface area contributed by atoms with Gasteiger partial charge in [0.15, 0.2) is 0 Å². The lowest BCUT2D eigenvalue weighted by Gasteiger charge is -2.27. The maximum absolute atomic E-state index is 11.9. The molecule has 1 saturated heterocycles. The first-order valence-corrected chi connectivity index (χ1v) is 7.75. The van der Waals surface area contributed by atoms with Crippen molar-refractivity contribution in [2.75, 3.05) is 26.2 Å². The van der Waals surface area contributed by atoms with Crippen LogP contribution in [0.2, 0.25) is 0 Å². The summed E-state index contributed by atoms with van der Waals surface area (Å²) in [7, 11) is 0. The highest BCUT2D eigenvalue weighted by Gasteiger charge is 2.14. The van der Waals surface area contributed by atoms with Gasteiger partial charge in [-0.2, -0.15) is 0 Å². The van der Waals surface area contributed by atoms with Crippen LogP contribution in [0.15, 0.2) is 17.5 Å². The summed E-state index contributed by atoms with van der Waals surface area (Å²) in [5.41, 5.74) is 0. The molecule has 0 unspecified atom stereocenters. The summed E-state index contributed by atoms with van der Waals surface area (Å²) in [6.07, 6.45) is 5.29. The number of thiophene rings is 1. The predicted octanol–water partition coefficient (Wildman–Crippen LogP) is 2.28. The zero-order valence-corrected chi connectivity index (χ0v) is 11.7. The first kappa shape index (κ1) is 13.6. The van der Waals surface area contributed by atoms with Crippen LogP contribution in [0.4, 0.5) is 0 Å². The standard InChI is InChI=1S/C14H22N2OS/c17-14(16-10-8-15-9-11-16)7-3-1-2-5-13-6-4-12-18-13/h4,6,12,15H,1-3,5,7-11H2. The van der Waals surface area contributed by atoms with Gasteiger partial charge in [0, 0.05) is 37.5 Å². The molecule has 18 heavy (non-hydrogen) atoms. The molecular formula is C14H22N2OS. The monoisotopic (exact) mass is 266 g/mol. The highest BCUT2D eigenvalue weighted by atomic mass is 32.1. The normalized spacial score (nSPS) is 15.9. The zero-order valence-electron chi connectivity index (χ0n) is 10.9. The van der Waals surface area contributed by atoms with Gasteiger partial charge in [-0.1, -0.05) is 12.5 Å². The SMILES string of the molecule is O=C(CCCCCc1cccs1)N1CCNCC1. The summed E-state index contributed by atoms with van der Waals surface area (Å²) in [6.45, 7) is 3.66. The van der Waals surface area contributed by atoms with Gasteiger partial charge in [-0.3, -0.25) is 4.79 Å². The van der Waals surface area contributed by atoms with E-state index < -0.39 is 0 Å². The predicted molar refractivity (Wildman–Crippen MR) is 75.9 cm³/mol. The first-order valence-electron chi connectivity index (χ1n) is 6.87. The molecule has 0 atom stereocenters. The molecule has 2 heterocycles. The topological polar surface area (TPSA) is 32.3 Å². The molecule has 100 valence electrons. The first-order chi connectivity index (χ1) is 8.86. The number of carbonyl (C=O) groups excluding carboxylic acids is 1. The Morgan fingerprint density at radius 1 is 1.28 bits per heavy atom. The lowest BCUT2D eigenvalue weighted by molar-refractivity contribution is -0.131. The van der Waals surface area contributed by atoms with Gasteiger partial charge in [0.05, 0.1) is 0 Å². The molecule has 1 aromatic heterocycles. The second-order valence-electron chi connectivity index (χ2n) is 4.77. The number of nitrogens with one attached hydrogen (secondary N) is 1. The molecule has 1 aliphatic rings. The Balaban J connectivity index is 1.53. The minimum Gasteiger partial charge on any atom is -0.340 e. The van der Waals surface area contributed by atoms with E-state index in [2.05, 4.69) is 22.8 Å².